The van der Waals surface area contributed by atoms with Gasteiger partial charge in [-0.15, -0.1) is 11.6 Å². The predicted octanol–water partition coefficient (Wildman–Crippen LogP) is 2.01. The molecule has 0 radical (unpaired) electrons. The average Bonchev–Trinajstić information content (AvgIpc) is 2.66. The van der Waals surface area contributed by atoms with Crippen LogP contribution in [0.5, 0.6) is 0 Å². The van der Waals surface area contributed by atoms with Crippen molar-refractivity contribution in [3.63, 3.8) is 0 Å². The summed E-state index contributed by atoms with van der Waals surface area (Å²) in [6.07, 6.45) is 0.767. The summed E-state index contributed by atoms with van der Waals surface area (Å²) in [5.41, 5.74) is 0.871. The Kier molecular flexibility index (Phi) is 2.98. The first-order chi connectivity index (χ1) is 7.27. The molecule has 1 aromatic rings. The van der Waals surface area contributed by atoms with Gasteiger partial charge >= 0.3 is 0 Å². The van der Waals surface area contributed by atoms with Crippen molar-refractivity contribution in [1.29, 1.82) is 0 Å². The third kappa shape index (κ3) is 1.75. The lowest BCUT2D eigenvalue weighted by Crippen LogP contribution is -2.26. The first-order valence-electron chi connectivity index (χ1n) is 4.38. The summed E-state index contributed by atoms with van der Waals surface area (Å²) in [4.78, 5) is 23.4. The van der Waals surface area contributed by atoms with E-state index in [2.05, 4.69) is 0 Å². The Morgan fingerprint density at radius 2 is 2.27 bits per heavy atom. The van der Waals surface area contributed by atoms with Crippen LogP contribution in [0.1, 0.15) is 11.6 Å². The van der Waals surface area contributed by atoms with Crippen molar-refractivity contribution in [2.45, 2.75) is 10.9 Å². The maximum absolute atomic E-state index is 11.5. The van der Waals surface area contributed by atoms with Gasteiger partial charge in [-0.3, -0.25) is 9.10 Å². The van der Waals surface area contributed by atoms with Crippen LogP contribution in [0, 0.1) is 0 Å². The number of nitrogens with zero attached hydrogens (tertiary/aromatic N) is 1. The number of alkyl halides is 1. The Hall–Kier alpha value is -1.00. The minimum absolute atomic E-state index is 0.106. The van der Waals surface area contributed by atoms with E-state index in [9.17, 15) is 9.59 Å². The lowest BCUT2D eigenvalue weighted by Gasteiger charge is -2.17. The van der Waals surface area contributed by atoms with Crippen molar-refractivity contribution in [1.82, 2.24) is 4.31 Å². The number of amides is 1. The third-order valence-electron chi connectivity index (χ3n) is 2.18. The second kappa shape index (κ2) is 4.24. The lowest BCUT2D eigenvalue weighted by atomic mass is 10.1. The highest BCUT2D eigenvalue weighted by atomic mass is 35.5. The first kappa shape index (κ1) is 10.5. The van der Waals surface area contributed by atoms with Crippen LogP contribution in [0.15, 0.2) is 29.2 Å². The summed E-state index contributed by atoms with van der Waals surface area (Å²) in [5, 5.41) is 0. The van der Waals surface area contributed by atoms with Gasteiger partial charge in [-0.25, -0.2) is 0 Å². The maximum atomic E-state index is 11.5. The van der Waals surface area contributed by atoms with Crippen molar-refractivity contribution in [3.05, 3.63) is 29.8 Å². The summed E-state index contributed by atoms with van der Waals surface area (Å²) >= 11 is 6.75. The highest BCUT2D eigenvalue weighted by Gasteiger charge is 2.33. The molecule has 0 saturated heterocycles. The summed E-state index contributed by atoms with van der Waals surface area (Å²) in [6, 6.07) is 6.96. The molecule has 1 aliphatic heterocycles. The zero-order valence-corrected chi connectivity index (χ0v) is 9.29. The van der Waals surface area contributed by atoms with Crippen LogP contribution < -0.4 is 0 Å². The van der Waals surface area contributed by atoms with Gasteiger partial charge < -0.3 is 4.79 Å². The van der Waals surface area contributed by atoms with Crippen molar-refractivity contribution >= 4 is 35.7 Å². The van der Waals surface area contributed by atoms with Crippen molar-refractivity contribution in [2.75, 3.05) is 5.88 Å². The van der Waals surface area contributed by atoms with Gasteiger partial charge in [0.15, 0.2) is 0 Å². The SMILES string of the molecule is O=CC1c2ccccc2SN1C(=O)CCl. The van der Waals surface area contributed by atoms with E-state index in [-0.39, 0.29) is 11.8 Å². The van der Waals surface area contributed by atoms with E-state index in [0.29, 0.717) is 0 Å². The molecule has 0 spiro atoms. The second-order valence-corrected chi connectivity index (χ2v) is 4.35. The van der Waals surface area contributed by atoms with Gasteiger partial charge in [0.1, 0.15) is 18.2 Å². The Labute approximate surface area is 96.5 Å². The molecule has 0 saturated carbocycles. The van der Waals surface area contributed by atoms with E-state index in [4.69, 9.17) is 11.6 Å². The molecule has 2 rings (SSSR count). The molecule has 1 atom stereocenters. The molecule has 0 fully saturated rings. The molecule has 1 amide bonds. The van der Waals surface area contributed by atoms with Crippen molar-refractivity contribution in [2.24, 2.45) is 0 Å². The van der Waals surface area contributed by atoms with E-state index < -0.39 is 6.04 Å². The summed E-state index contributed by atoms with van der Waals surface area (Å²) in [6.45, 7) is 0. The van der Waals surface area contributed by atoms with Crippen LogP contribution in [0.2, 0.25) is 0 Å². The minimum Gasteiger partial charge on any atom is -0.301 e. The van der Waals surface area contributed by atoms with E-state index in [0.717, 1.165) is 16.7 Å². The van der Waals surface area contributed by atoms with Gasteiger partial charge in [0.05, 0.1) is 0 Å². The molecule has 3 nitrogen and oxygen atoms in total. The zero-order chi connectivity index (χ0) is 10.8. The van der Waals surface area contributed by atoms with E-state index in [1.165, 1.54) is 16.3 Å². The van der Waals surface area contributed by atoms with Gasteiger partial charge in [-0.05, 0) is 23.6 Å². The van der Waals surface area contributed by atoms with Gasteiger partial charge in [-0.1, -0.05) is 18.2 Å². The topological polar surface area (TPSA) is 37.4 Å². The van der Waals surface area contributed by atoms with Crippen LogP contribution in [-0.4, -0.2) is 22.4 Å². The van der Waals surface area contributed by atoms with E-state index >= 15 is 0 Å². The number of carbonyl (C=O) groups is 2. The Morgan fingerprint density at radius 3 is 2.93 bits per heavy atom. The normalized spacial score (nSPS) is 18.7. The third-order valence-corrected chi connectivity index (χ3v) is 3.60. The number of hydrogen-bond donors (Lipinski definition) is 0. The molecule has 0 aromatic heterocycles. The fourth-order valence-corrected chi connectivity index (χ4v) is 2.78. The van der Waals surface area contributed by atoms with Gasteiger partial charge in [0, 0.05) is 4.90 Å². The van der Waals surface area contributed by atoms with E-state index in [1.807, 2.05) is 24.3 Å². The second-order valence-electron chi connectivity index (χ2n) is 3.06. The van der Waals surface area contributed by atoms with E-state index in [1.54, 1.807) is 0 Å². The number of aldehydes is 1. The number of rotatable bonds is 2. The maximum Gasteiger partial charge on any atom is 0.248 e. The Morgan fingerprint density at radius 1 is 1.53 bits per heavy atom. The molecular formula is C10H8ClNO2S. The molecular weight excluding hydrogens is 234 g/mol. The highest BCUT2D eigenvalue weighted by molar-refractivity contribution is 7.97. The smallest absolute Gasteiger partial charge is 0.248 e. The zero-order valence-electron chi connectivity index (χ0n) is 7.72. The molecule has 1 unspecified atom stereocenters. The lowest BCUT2D eigenvalue weighted by molar-refractivity contribution is -0.127. The first-order valence-corrected chi connectivity index (χ1v) is 5.69. The summed E-state index contributed by atoms with van der Waals surface area (Å²) in [7, 11) is 0. The molecule has 0 aliphatic carbocycles. The quantitative estimate of drug-likeness (QED) is 0.452. The van der Waals surface area contributed by atoms with Crippen LogP contribution in [0.3, 0.4) is 0 Å². The number of halogens is 1. The molecule has 1 aliphatic rings. The largest absolute Gasteiger partial charge is 0.301 e. The molecule has 1 aromatic carbocycles. The highest BCUT2D eigenvalue weighted by Crippen LogP contribution is 2.42. The Bertz CT molecular complexity index is 410. The number of fused-ring (bicyclic) bond motifs is 1. The molecule has 1 heterocycles. The van der Waals surface area contributed by atoms with Crippen LogP contribution >= 0.6 is 23.5 Å². The van der Waals surface area contributed by atoms with Crippen LogP contribution in [0.4, 0.5) is 0 Å². The fraction of sp³-hybridized carbons (Fsp3) is 0.200. The molecule has 0 bridgehead atoms. The monoisotopic (exact) mass is 241 g/mol. The predicted molar refractivity (Wildman–Crippen MR) is 58.7 cm³/mol. The molecule has 0 N–H and O–H groups in total. The number of benzene rings is 1. The number of carbonyl (C=O) groups excluding carboxylic acids is 2. The standard InChI is InChI=1S/C10H8ClNO2S/c11-5-10(14)12-8(6-13)7-3-1-2-4-9(7)15-12/h1-4,6,8H,5H2. The molecule has 78 valence electrons. The van der Waals surface area contributed by atoms with Crippen LogP contribution in [-0.2, 0) is 9.59 Å². The summed E-state index contributed by atoms with van der Waals surface area (Å²) < 4.78 is 1.42. The van der Waals surface area contributed by atoms with Gasteiger partial charge in [0.25, 0.3) is 0 Å². The number of hydrogen-bond acceptors (Lipinski definition) is 3. The van der Waals surface area contributed by atoms with Gasteiger partial charge in [0.2, 0.25) is 5.91 Å². The van der Waals surface area contributed by atoms with Crippen LogP contribution in [0.25, 0.3) is 0 Å². The minimum atomic E-state index is -0.502. The van der Waals surface area contributed by atoms with Gasteiger partial charge in [-0.2, -0.15) is 0 Å². The Balaban J connectivity index is 2.36. The molecule has 15 heavy (non-hydrogen) atoms. The summed E-state index contributed by atoms with van der Waals surface area (Å²) in [5.74, 6) is -0.347. The van der Waals surface area contributed by atoms with Crippen molar-refractivity contribution in [3.8, 4) is 0 Å². The fourth-order valence-electron chi connectivity index (χ4n) is 1.49. The average molecular weight is 242 g/mol. The van der Waals surface area contributed by atoms with Crippen molar-refractivity contribution < 1.29 is 9.59 Å². The molecule has 5 heteroatoms.